The van der Waals surface area contributed by atoms with Gasteiger partial charge in [-0.3, -0.25) is 4.98 Å². The largest absolute Gasteiger partial charge is 0.437 e. The van der Waals surface area contributed by atoms with Crippen LogP contribution in [0, 0.1) is 0 Å². The number of ether oxygens (including phenoxy) is 1. The lowest BCUT2D eigenvalue weighted by atomic mass is 10.2. The second-order valence-corrected chi connectivity index (χ2v) is 5.64. The molecule has 2 aromatic heterocycles. The molecule has 6 heteroatoms. The molecule has 2 aromatic carbocycles. The minimum absolute atomic E-state index is 0.471. The SMILES string of the molecule is c1cc(NCc2ccc(-n3cccn3)cc2)cc(Oc2cnccn2)c1. The van der Waals surface area contributed by atoms with E-state index in [1.54, 1.807) is 24.8 Å². The van der Waals surface area contributed by atoms with E-state index in [0.29, 0.717) is 18.2 Å². The highest BCUT2D eigenvalue weighted by Crippen LogP contribution is 2.22. The van der Waals surface area contributed by atoms with Gasteiger partial charge in [-0.1, -0.05) is 18.2 Å². The Balaban J connectivity index is 1.39. The van der Waals surface area contributed by atoms with E-state index >= 15 is 0 Å². The minimum Gasteiger partial charge on any atom is -0.437 e. The predicted octanol–water partition coefficient (Wildman–Crippen LogP) is 4.07. The number of nitrogens with one attached hydrogen (secondary N) is 1. The first kappa shape index (κ1) is 15.8. The number of hydrogen-bond acceptors (Lipinski definition) is 5. The lowest BCUT2D eigenvalue weighted by Gasteiger charge is -2.10. The van der Waals surface area contributed by atoms with Crippen LogP contribution in [-0.2, 0) is 6.54 Å². The fourth-order valence-corrected chi connectivity index (χ4v) is 2.52. The van der Waals surface area contributed by atoms with Crippen molar-refractivity contribution in [2.75, 3.05) is 5.32 Å². The summed E-state index contributed by atoms with van der Waals surface area (Å²) in [5, 5.41) is 7.63. The van der Waals surface area contributed by atoms with Crippen molar-refractivity contribution >= 4 is 5.69 Å². The normalized spacial score (nSPS) is 10.5. The summed E-state index contributed by atoms with van der Waals surface area (Å²) in [6.45, 7) is 0.716. The fraction of sp³-hybridized carbons (Fsp3) is 0.0500. The van der Waals surface area contributed by atoms with Crippen LogP contribution in [-0.4, -0.2) is 19.7 Å². The Kier molecular flexibility index (Phi) is 4.56. The van der Waals surface area contributed by atoms with Crippen molar-refractivity contribution < 1.29 is 4.74 Å². The quantitative estimate of drug-likeness (QED) is 0.572. The van der Waals surface area contributed by atoms with Crippen molar-refractivity contribution in [1.82, 2.24) is 19.7 Å². The second kappa shape index (κ2) is 7.48. The standard InChI is InChI=1S/C20H17N5O/c1-3-17(13-19(4-1)26-20-15-21-10-11-22-20)23-14-16-5-7-18(8-6-16)25-12-2-9-24-25/h1-13,15,23H,14H2. The molecular weight excluding hydrogens is 326 g/mol. The summed E-state index contributed by atoms with van der Waals surface area (Å²) in [5.41, 5.74) is 3.20. The van der Waals surface area contributed by atoms with Crippen molar-refractivity contribution in [2.24, 2.45) is 0 Å². The Hall–Kier alpha value is -3.67. The van der Waals surface area contributed by atoms with Gasteiger partial charge in [0.25, 0.3) is 0 Å². The Morgan fingerprint density at radius 3 is 2.65 bits per heavy atom. The lowest BCUT2D eigenvalue weighted by Crippen LogP contribution is -2.00. The van der Waals surface area contributed by atoms with Crippen LogP contribution in [0.3, 0.4) is 0 Å². The van der Waals surface area contributed by atoms with Gasteiger partial charge < -0.3 is 10.1 Å². The third-order valence-corrected chi connectivity index (χ3v) is 3.80. The molecule has 0 unspecified atom stereocenters. The summed E-state index contributed by atoms with van der Waals surface area (Å²) in [6, 6.07) is 18.0. The summed E-state index contributed by atoms with van der Waals surface area (Å²) >= 11 is 0. The summed E-state index contributed by atoms with van der Waals surface area (Å²) in [4.78, 5) is 8.11. The van der Waals surface area contributed by atoms with Crippen LogP contribution in [0.4, 0.5) is 5.69 Å². The summed E-state index contributed by atoms with van der Waals surface area (Å²) < 4.78 is 7.54. The highest BCUT2D eigenvalue weighted by atomic mass is 16.5. The van der Waals surface area contributed by atoms with Crippen LogP contribution in [0.25, 0.3) is 5.69 Å². The van der Waals surface area contributed by atoms with E-state index in [1.165, 1.54) is 5.56 Å². The van der Waals surface area contributed by atoms with Gasteiger partial charge in [0, 0.05) is 43.1 Å². The molecule has 0 aliphatic rings. The maximum absolute atomic E-state index is 5.70. The maximum atomic E-state index is 5.70. The average molecular weight is 343 g/mol. The smallest absolute Gasteiger partial charge is 0.237 e. The molecule has 0 bridgehead atoms. The molecule has 26 heavy (non-hydrogen) atoms. The highest BCUT2D eigenvalue weighted by Gasteiger charge is 2.01. The maximum Gasteiger partial charge on any atom is 0.237 e. The molecule has 4 aromatic rings. The zero-order chi connectivity index (χ0) is 17.6. The molecular formula is C20H17N5O. The summed E-state index contributed by atoms with van der Waals surface area (Å²) in [5.74, 6) is 1.18. The average Bonchev–Trinajstić information content (AvgIpc) is 3.23. The van der Waals surface area contributed by atoms with Gasteiger partial charge >= 0.3 is 0 Å². The van der Waals surface area contributed by atoms with Gasteiger partial charge in [-0.05, 0) is 35.9 Å². The van der Waals surface area contributed by atoms with Gasteiger partial charge in [-0.25, -0.2) is 9.67 Å². The van der Waals surface area contributed by atoms with E-state index in [4.69, 9.17) is 4.74 Å². The molecule has 1 N–H and O–H groups in total. The van der Waals surface area contributed by atoms with Crippen LogP contribution >= 0.6 is 0 Å². The second-order valence-electron chi connectivity index (χ2n) is 5.64. The van der Waals surface area contributed by atoms with Gasteiger partial charge in [0.05, 0.1) is 11.9 Å². The molecule has 128 valence electrons. The van der Waals surface area contributed by atoms with Crippen molar-refractivity contribution in [1.29, 1.82) is 0 Å². The molecule has 6 nitrogen and oxygen atoms in total. The van der Waals surface area contributed by atoms with Crippen LogP contribution in [0.15, 0.2) is 85.6 Å². The summed E-state index contributed by atoms with van der Waals surface area (Å²) in [7, 11) is 0. The van der Waals surface area contributed by atoms with Gasteiger partial charge in [-0.2, -0.15) is 5.10 Å². The molecule has 0 radical (unpaired) electrons. The molecule has 2 heterocycles. The van der Waals surface area contributed by atoms with Gasteiger partial charge in [0.15, 0.2) is 0 Å². The summed E-state index contributed by atoms with van der Waals surface area (Å²) in [6.07, 6.45) is 8.50. The topological polar surface area (TPSA) is 64.9 Å². The molecule has 0 fully saturated rings. The van der Waals surface area contributed by atoms with Crippen molar-refractivity contribution in [3.63, 3.8) is 0 Å². The van der Waals surface area contributed by atoms with Crippen LogP contribution in [0.1, 0.15) is 5.56 Å². The van der Waals surface area contributed by atoms with E-state index in [9.17, 15) is 0 Å². The number of hydrogen-bond donors (Lipinski definition) is 1. The molecule has 0 atom stereocenters. The van der Waals surface area contributed by atoms with Crippen LogP contribution in [0.5, 0.6) is 11.6 Å². The predicted molar refractivity (Wildman–Crippen MR) is 99.4 cm³/mol. The third-order valence-electron chi connectivity index (χ3n) is 3.80. The molecule has 0 aliphatic heterocycles. The van der Waals surface area contributed by atoms with E-state index < -0.39 is 0 Å². The minimum atomic E-state index is 0.471. The number of anilines is 1. The van der Waals surface area contributed by atoms with E-state index in [-0.39, 0.29) is 0 Å². The molecule has 0 saturated heterocycles. The molecule has 0 saturated carbocycles. The zero-order valence-corrected chi connectivity index (χ0v) is 14.0. The third kappa shape index (κ3) is 3.87. The number of rotatable bonds is 6. The van der Waals surface area contributed by atoms with Crippen molar-refractivity contribution in [2.45, 2.75) is 6.54 Å². The van der Waals surface area contributed by atoms with Gasteiger partial charge in [0.2, 0.25) is 5.88 Å². The molecule has 0 amide bonds. The Morgan fingerprint density at radius 1 is 0.962 bits per heavy atom. The van der Waals surface area contributed by atoms with Crippen molar-refractivity contribution in [3.05, 3.63) is 91.1 Å². The first-order valence-corrected chi connectivity index (χ1v) is 8.23. The van der Waals surface area contributed by atoms with Gasteiger partial charge in [-0.15, -0.1) is 0 Å². The zero-order valence-electron chi connectivity index (χ0n) is 14.0. The van der Waals surface area contributed by atoms with E-state index in [2.05, 4.69) is 44.6 Å². The Labute approximate surface area is 151 Å². The van der Waals surface area contributed by atoms with Gasteiger partial charge in [0.1, 0.15) is 5.75 Å². The lowest BCUT2D eigenvalue weighted by molar-refractivity contribution is 0.460. The van der Waals surface area contributed by atoms with Crippen LogP contribution in [0.2, 0.25) is 0 Å². The first-order chi connectivity index (χ1) is 12.9. The Morgan fingerprint density at radius 2 is 1.88 bits per heavy atom. The Bertz CT molecular complexity index is 953. The number of nitrogens with zero attached hydrogens (tertiary/aromatic N) is 4. The van der Waals surface area contributed by atoms with E-state index in [1.807, 2.05) is 41.2 Å². The molecule has 0 aliphatic carbocycles. The highest BCUT2D eigenvalue weighted by molar-refractivity contribution is 5.49. The van der Waals surface area contributed by atoms with E-state index in [0.717, 1.165) is 11.4 Å². The molecule has 4 rings (SSSR count). The number of benzene rings is 2. The van der Waals surface area contributed by atoms with Crippen LogP contribution < -0.4 is 10.1 Å². The number of aromatic nitrogens is 4. The fourth-order valence-electron chi connectivity index (χ4n) is 2.52. The van der Waals surface area contributed by atoms with Crippen molar-refractivity contribution in [3.8, 4) is 17.3 Å². The monoisotopic (exact) mass is 343 g/mol. The molecule has 0 spiro atoms. The first-order valence-electron chi connectivity index (χ1n) is 8.23.